The number of carbonyl (C=O) groups excluding carboxylic acids is 2. The molecule has 2 heterocycles. The van der Waals surface area contributed by atoms with Crippen LogP contribution in [0.4, 0.5) is 13.2 Å². The average molecular weight is 298 g/mol. The lowest BCUT2D eigenvalue weighted by atomic mass is 9.98. The van der Waals surface area contributed by atoms with E-state index in [9.17, 15) is 22.8 Å². The molecule has 4 nitrogen and oxygen atoms in total. The fourth-order valence-electron chi connectivity index (χ4n) is 3.03. The molecule has 2 aliphatic heterocycles. The molecule has 21 heavy (non-hydrogen) atoms. The molecule has 2 fully saturated rings. The monoisotopic (exact) mass is 298 g/mol. The Kier molecular flexibility index (Phi) is 3.24. The Morgan fingerprint density at radius 1 is 1.19 bits per heavy atom. The minimum atomic E-state index is -4.46. The molecule has 1 aromatic carbocycles. The van der Waals surface area contributed by atoms with Crippen LogP contribution in [0.15, 0.2) is 24.3 Å². The fourth-order valence-corrected chi connectivity index (χ4v) is 3.03. The van der Waals surface area contributed by atoms with Crippen molar-refractivity contribution >= 4 is 11.8 Å². The first kappa shape index (κ1) is 14.1. The Morgan fingerprint density at radius 2 is 1.95 bits per heavy atom. The standard InChI is InChI=1S/C14H13F3N2O2/c15-14(16,17)9-4-1-3-8(7-9)11-13(21)18-12(20)10-5-2-6-19(10)11/h1,3-4,7,10-11H,2,5-6H2,(H,18,20,21)/t10-,11-/m1/s1. The molecule has 0 saturated carbocycles. The molecule has 0 spiro atoms. The molecule has 1 aromatic rings. The first-order valence-corrected chi connectivity index (χ1v) is 6.65. The van der Waals surface area contributed by atoms with Crippen molar-refractivity contribution in [2.24, 2.45) is 0 Å². The van der Waals surface area contributed by atoms with Gasteiger partial charge in [0, 0.05) is 6.54 Å². The van der Waals surface area contributed by atoms with Crippen LogP contribution in [0.3, 0.4) is 0 Å². The Labute approximate surface area is 118 Å². The summed E-state index contributed by atoms with van der Waals surface area (Å²) in [4.78, 5) is 25.5. The first-order chi connectivity index (χ1) is 9.88. The summed E-state index contributed by atoms with van der Waals surface area (Å²) < 4.78 is 38.4. The number of hydrogen-bond acceptors (Lipinski definition) is 3. The van der Waals surface area contributed by atoms with Crippen LogP contribution >= 0.6 is 0 Å². The van der Waals surface area contributed by atoms with Crippen molar-refractivity contribution in [3.63, 3.8) is 0 Å². The summed E-state index contributed by atoms with van der Waals surface area (Å²) in [7, 11) is 0. The third-order valence-electron chi connectivity index (χ3n) is 3.95. The highest BCUT2D eigenvalue weighted by Gasteiger charge is 2.45. The molecule has 3 rings (SSSR count). The second-order valence-electron chi connectivity index (χ2n) is 5.28. The van der Waals surface area contributed by atoms with Crippen LogP contribution in [-0.2, 0) is 15.8 Å². The topological polar surface area (TPSA) is 49.4 Å². The van der Waals surface area contributed by atoms with E-state index in [0.29, 0.717) is 13.0 Å². The van der Waals surface area contributed by atoms with Gasteiger partial charge in [-0.05, 0) is 30.5 Å². The van der Waals surface area contributed by atoms with Crippen molar-refractivity contribution in [2.45, 2.75) is 31.1 Å². The summed E-state index contributed by atoms with van der Waals surface area (Å²) in [5.74, 6) is -0.918. The van der Waals surface area contributed by atoms with Gasteiger partial charge in [-0.15, -0.1) is 0 Å². The van der Waals surface area contributed by atoms with Gasteiger partial charge in [0.2, 0.25) is 11.8 Å². The van der Waals surface area contributed by atoms with Crippen molar-refractivity contribution in [1.29, 1.82) is 0 Å². The van der Waals surface area contributed by atoms with Crippen LogP contribution in [0.5, 0.6) is 0 Å². The predicted molar refractivity (Wildman–Crippen MR) is 67.1 cm³/mol. The summed E-state index contributed by atoms with van der Waals surface area (Å²) in [5.41, 5.74) is -0.526. The van der Waals surface area contributed by atoms with Gasteiger partial charge in [0.1, 0.15) is 6.04 Å². The second kappa shape index (κ2) is 4.84. The Balaban J connectivity index is 1.99. The van der Waals surface area contributed by atoms with Crippen molar-refractivity contribution in [1.82, 2.24) is 10.2 Å². The van der Waals surface area contributed by atoms with Gasteiger partial charge < -0.3 is 0 Å². The number of halogens is 3. The Hall–Kier alpha value is -1.89. The molecule has 0 radical (unpaired) electrons. The van der Waals surface area contributed by atoms with Gasteiger partial charge in [0.05, 0.1) is 11.6 Å². The van der Waals surface area contributed by atoms with Crippen LogP contribution in [0.25, 0.3) is 0 Å². The number of benzene rings is 1. The van der Waals surface area contributed by atoms with Gasteiger partial charge in [-0.25, -0.2) is 0 Å². The SMILES string of the molecule is O=C1NC(=O)[C@@H](c2cccc(C(F)(F)F)c2)N2CCC[C@H]12. The summed E-state index contributed by atoms with van der Waals surface area (Å²) in [6.07, 6.45) is -3.09. The molecule has 2 aliphatic rings. The highest BCUT2D eigenvalue weighted by Crippen LogP contribution is 2.35. The van der Waals surface area contributed by atoms with Crippen molar-refractivity contribution in [3.05, 3.63) is 35.4 Å². The molecule has 0 bridgehead atoms. The van der Waals surface area contributed by atoms with Crippen LogP contribution < -0.4 is 5.32 Å². The number of carbonyl (C=O) groups is 2. The van der Waals surface area contributed by atoms with Crippen LogP contribution in [-0.4, -0.2) is 29.3 Å². The number of amides is 2. The Bertz CT molecular complexity index is 600. The maximum Gasteiger partial charge on any atom is 0.416 e. The smallest absolute Gasteiger partial charge is 0.293 e. The van der Waals surface area contributed by atoms with Crippen LogP contribution in [0, 0.1) is 0 Å². The average Bonchev–Trinajstić information content (AvgIpc) is 2.87. The number of piperazine rings is 1. The maximum atomic E-state index is 12.8. The quantitative estimate of drug-likeness (QED) is 0.805. The second-order valence-corrected chi connectivity index (χ2v) is 5.28. The van der Waals surface area contributed by atoms with Crippen molar-refractivity contribution in [3.8, 4) is 0 Å². The lowest BCUT2D eigenvalue weighted by Gasteiger charge is -2.36. The highest BCUT2D eigenvalue weighted by atomic mass is 19.4. The van der Waals surface area contributed by atoms with Crippen molar-refractivity contribution in [2.75, 3.05) is 6.54 Å². The third kappa shape index (κ3) is 2.42. The molecule has 2 saturated heterocycles. The van der Waals surface area contributed by atoms with Gasteiger partial charge in [-0.2, -0.15) is 13.2 Å². The minimum Gasteiger partial charge on any atom is -0.293 e. The third-order valence-corrected chi connectivity index (χ3v) is 3.95. The largest absolute Gasteiger partial charge is 0.416 e. The van der Waals surface area contributed by atoms with E-state index in [-0.39, 0.29) is 11.5 Å². The van der Waals surface area contributed by atoms with Gasteiger partial charge >= 0.3 is 6.18 Å². The molecule has 2 atom stereocenters. The summed E-state index contributed by atoms with van der Waals surface area (Å²) in [5, 5.41) is 2.26. The molecule has 0 aromatic heterocycles. The Morgan fingerprint density at radius 3 is 2.67 bits per heavy atom. The van der Waals surface area contributed by atoms with Crippen LogP contribution in [0.1, 0.15) is 30.0 Å². The molecule has 0 unspecified atom stereocenters. The number of nitrogens with one attached hydrogen (secondary N) is 1. The lowest BCUT2D eigenvalue weighted by Crippen LogP contribution is -2.56. The first-order valence-electron chi connectivity index (χ1n) is 6.65. The number of nitrogens with zero attached hydrogens (tertiary/aromatic N) is 1. The number of imide groups is 1. The fraction of sp³-hybridized carbons (Fsp3) is 0.429. The number of fused-ring (bicyclic) bond motifs is 1. The zero-order valence-electron chi connectivity index (χ0n) is 11.0. The lowest BCUT2D eigenvalue weighted by molar-refractivity contribution is -0.144. The zero-order valence-corrected chi connectivity index (χ0v) is 11.0. The molecule has 2 amide bonds. The zero-order chi connectivity index (χ0) is 15.2. The molecular formula is C14H13F3N2O2. The van der Waals surface area contributed by atoms with Gasteiger partial charge in [-0.3, -0.25) is 19.8 Å². The molecule has 7 heteroatoms. The van der Waals surface area contributed by atoms with E-state index < -0.39 is 29.7 Å². The van der Waals surface area contributed by atoms with Crippen LogP contribution in [0.2, 0.25) is 0 Å². The van der Waals surface area contributed by atoms with E-state index in [2.05, 4.69) is 5.32 Å². The van der Waals surface area contributed by atoms with Gasteiger partial charge in [0.15, 0.2) is 0 Å². The summed E-state index contributed by atoms with van der Waals surface area (Å²) in [6.45, 7) is 0.532. The normalized spacial score (nSPS) is 26.6. The van der Waals surface area contributed by atoms with Gasteiger partial charge in [-0.1, -0.05) is 12.1 Å². The van der Waals surface area contributed by atoms with E-state index in [1.165, 1.54) is 12.1 Å². The van der Waals surface area contributed by atoms with Crippen molar-refractivity contribution < 1.29 is 22.8 Å². The van der Waals surface area contributed by atoms with E-state index in [1.54, 1.807) is 4.90 Å². The molecule has 112 valence electrons. The van der Waals surface area contributed by atoms with E-state index in [0.717, 1.165) is 18.6 Å². The minimum absolute atomic E-state index is 0.265. The molecular weight excluding hydrogens is 285 g/mol. The van der Waals surface area contributed by atoms with E-state index >= 15 is 0 Å². The van der Waals surface area contributed by atoms with E-state index in [4.69, 9.17) is 0 Å². The highest BCUT2D eigenvalue weighted by molar-refractivity contribution is 6.03. The molecule has 0 aliphatic carbocycles. The number of rotatable bonds is 1. The predicted octanol–water partition coefficient (Wildman–Crippen LogP) is 1.87. The van der Waals surface area contributed by atoms with E-state index in [1.807, 2.05) is 0 Å². The summed E-state index contributed by atoms with van der Waals surface area (Å²) >= 11 is 0. The van der Waals surface area contributed by atoms with Gasteiger partial charge in [0.25, 0.3) is 0 Å². The number of hydrogen-bond donors (Lipinski definition) is 1. The molecule has 1 N–H and O–H groups in total. The number of alkyl halides is 3. The summed E-state index contributed by atoms with van der Waals surface area (Å²) in [6, 6.07) is 3.46. The maximum absolute atomic E-state index is 12.8.